The van der Waals surface area contributed by atoms with Gasteiger partial charge < -0.3 is 9.30 Å². The highest BCUT2D eigenvalue weighted by Crippen LogP contribution is 2.35. The van der Waals surface area contributed by atoms with E-state index in [4.69, 9.17) is 27.9 Å². The van der Waals surface area contributed by atoms with Crippen molar-refractivity contribution in [2.45, 2.75) is 37.8 Å². The van der Waals surface area contributed by atoms with Gasteiger partial charge in [-0.3, -0.25) is 0 Å². The van der Waals surface area contributed by atoms with Gasteiger partial charge in [-0.25, -0.2) is 9.97 Å². The van der Waals surface area contributed by atoms with Gasteiger partial charge in [0.25, 0.3) is 0 Å². The van der Waals surface area contributed by atoms with Gasteiger partial charge in [-0.1, -0.05) is 11.6 Å². The monoisotopic (exact) mass is 313 g/mol. The number of ether oxygens (including phenoxy) is 1. The maximum atomic E-state index is 6.01. The summed E-state index contributed by atoms with van der Waals surface area (Å²) in [6, 6.07) is 2.14. The second kappa shape index (κ2) is 5.88. The summed E-state index contributed by atoms with van der Waals surface area (Å²) in [6.07, 6.45) is 5.94. The third kappa shape index (κ3) is 2.41. The van der Waals surface area contributed by atoms with Crippen LogP contribution in [0.15, 0.2) is 12.3 Å². The van der Waals surface area contributed by atoms with Crippen LogP contribution in [0, 0.1) is 0 Å². The van der Waals surface area contributed by atoms with Crippen molar-refractivity contribution in [2.75, 3.05) is 13.0 Å². The van der Waals surface area contributed by atoms with Gasteiger partial charge in [-0.2, -0.15) is 0 Å². The van der Waals surface area contributed by atoms with Crippen LogP contribution in [-0.4, -0.2) is 33.6 Å². The molecule has 0 N–H and O–H groups in total. The number of aryl methyl sites for hydroxylation is 1. The molecule has 1 aliphatic carbocycles. The molecule has 2 aromatic heterocycles. The number of nitrogens with zero attached hydrogens (tertiary/aromatic N) is 3. The number of rotatable bonds is 4. The Morgan fingerprint density at radius 3 is 3.05 bits per heavy atom. The highest BCUT2D eigenvalue weighted by atomic mass is 35.5. The lowest BCUT2D eigenvalue weighted by Crippen LogP contribution is -2.22. The van der Waals surface area contributed by atoms with Crippen molar-refractivity contribution in [3.63, 3.8) is 0 Å². The SMILES string of the molecule is COC1CCCC1n1c(CCCl)nc2cc(Cl)cnc21. The highest BCUT2D eigenvalue weighted by molar-refractivity contribution is 6.31. The molecule has 2 heterocycles. The van der Waals surface area contributed by atoms with E-state index in [1.165, 1.54) is 0 Å². The largest absolute Gasteiger partial charge is 0.379 e. The Bertz CT molecular complexity index is 614. The fourth-order valence-corrected chi connectivity index (χ4v) is 3.41. The molecule has 2 unspecified atom stereocenters. The van der Waals surface area contributed by atoms with E-state index in [-0.39, 0.29) is 12.1 Å². The number of aromatic nitrogens is 3. The molecule has 0 spiro atoms. The summed E-state index contributed by atoms with van der Waals surface area (Å²) in [6.45, 7) is 0. The standard InChI is InChI=1S/C14H17Cl2N3O/c1-20-12-4-2-3-11(12)19-13(5-6-15)18-10-7-9(16)8-17-14(10)19/h7-8,11-12H,2-6H2,1H3. The smallest absolute Gasteiger partial charge is 0.160 e. The molecule has 0 radical (unpaired) electrons. The molecule has 1 aliphatic rings. The van der Waals surface area contributed by atoms with Crippen molar-refractivity contribution in [3.8, 4) is 0 Å². The Morgan fingerprint density at radius 1 is 1.45 bits per heavy atom. The van der Waals surface area contributed by atoms with E-state index < -0.39 is 0 Å². The fourth-order valence-electron chi connectivity index (χ4n) is 3.09. The average Bonchev–Trinajstić information content (AvgIpc) is 3.01. The first-order valence-corrected chi connectivity index (χ1v) is 7.77. The van der Waals surface area contributed by atoms with Crippen molar-refractivity contribution >= 4 is 34.4 Å². The Morgan fingerprint density at radius 2 is 2.30 bits per heavy atom. The number of imidazole rings is 1. The number of fused-ring (bicyclic) bond motifs is 1. The molecule has 0 aliphatic heterocycles. The van der Waals surface area contributed by atoms with Crippen LogP contribution >= 0.6 is 23.2 Å². The molecule has 1 saturated carbocycles. The van der Waals surface area contributed by atoms with Crippen LogP contribution < -0.4 is 0 Å². The summed E-state index contributed by atoms with van der Waals surface area (Å²) < 4.78 is 7.82. The highest BCUT2D eigenvalue weighted by Gasteiger charge is 2.31. The van der Waals surface area contributed by atoms with E-state index in [2.05, 4.69) is 14.5 Å². The van der Waals surface area contributed by atoms with Gasteiger partial charge in [0, 0.05) is 25.6 Å². The predicted octanol–water partition coefficient (Wildman–Crippen LogP) is 3.61. The predicted molar refractivity (Wildman–Crippen MR) is 80.6 cm³/mol. The lowest BCUT2D eigenvalue weighted by molar-refractivity contribution is 0.0751. The molecular weight excluding hydrogens is 297 g/mol. The van der Waals surface area contributed by atoms with Crippen LogP contribution in [0.5, 0.6) is 0 Å². The van der Waals surface area contributed by atoms with Crippen LogP contribution in [0.25, 0.3) is 11.2 Å². The first-order chi connectivity index (χ1) is 9.74. The number of hydrogen-bond donors (Lipinski definition) is 0. The topological polar surface area (TPSA) is 39.9 Å². The summed E-state index contributed by atoms with van der Waals surface area (Å²) in [7, 11) is 1.77. The number of hydrogen-bond acceptors (Lipinski definition) is 3. The Kier molecular flexibility index (Phi) is 4.15. The van der Waals surface area contributed by atoms with Gasteiger partial charge in [-0.15, -0.1) is 11.6 Å². The quantitative estimate of drug-likeness (QED) is 0.810. The van der Waals surface area contributed by atoms with Gasteiger partial charge in [0.2, 0.25) is 0 Å². The number of methoxy groups -OCH3 is 1. The zero-order valence-electron chi connectivity index (χ0n) is 11.4. The van der Waals surface area contributed by atoms with Crippen molar-refractivity contribution < 1.29 is 4.74 Å². The average molecular weight is 314 g/mol. The van der Waals surface area contributed by atoms with Gasteiger partial charge >= 0.3 is 0 Å². The minimum absolute atomic E-state index is 0.221. The summed E-state index contributed by atoms with van der Waals surface area (Å²) >= 11 is 11.9. The van der Waals surface area contributed by atoms with Crippen molar-refractivity contribution in [1.29, 1.82) is 0 Å². The molecule has 0 bridgehead atoms. The van der Waals surface area contributed by atoms with Crippen molar-refractivity contribution in [3.05, 3.63) is 23.1 Å². The normalized spacial score (nSPS) is 22.8. The maximum absolute atomic E-state index is 6.01. The van der Waals surface area contributed by atoms with E-state index >= 15 is 0 Å². The van der Waals surface area contributed by atoms with Crippen LogP contribution in [-0.2, 0) is 11.2 Å². The zero-order valence-corrected chi connectivity index (χ0v) is 12.9. The van der Waals surface area contributed by atoms with Crippen molar-refractivity contribution in [2.24, 2.45) is 0 Å². The molecule has 6 heteroatoms. The lowest BCUT2D eigenvalue weighted by Gasteiger charge is -2.22. The molecule has 0 aromatic carbocycles. The van der Waals surface area contributed by atoms with E-state index in [0.29, 0.717) is 10.9 Å². The third-order valence-electron chi connectivity index (χ3n) is 3.94. The lowest BCUT2D eigenvalue weighted by atomic mass is 10.2. The van der Waals surface area contributed by atoms with Gasteiger partial charge in [0.05, 0.1) is 17.2 Å². The summed E-state index contributed by atoms with van der Waals surface area (Å²) in [4.78, 5) is 9.12. The van der Waals surface area contributed by atoms with E-state index in [9.17, 15) is 0 Å². The number of halogens is 2. The van der Waals surface area contributed by atoms with Crippen LogP contribution in [0.1, 0.15) is 31.1 Å². The summed E-state index contributed by atoms with van der Waals surface area (Å²) in [5.74, 6) is 1.51. The zero-order chi connectivity index (χ0) is 14.1. The molecule has 2 atom stereocenters. The molecule has 0 amide bonds. The molecule has 108 valence electrons. The van der Waals surface area contributed by atoms with E-state index in [1.54, 1.807) is 13.3 Å². The first-order valence-electron chi connectivity index (χ1n) is 6.85. The molecule has 2 aromatic rings. The maximum Gasteiger partial charge on any atom is 0.160 e. The minimum atomic E-state index is 0.221. The summed E-state index contributed by atoms with van der Waals surface area (Å²) in [5.41, 5.74) is 1.71. The molecule has 20 heavy (non-hydrogen) atoms. The van der Waals surface area contributed by atoms with Crippen LogP contribution in [0.4, 0.5) is 0 Å². The second-order valence-corrected chi connectivity index (χ2v) is 5.92. The molecule has 4 nitrogen and oxygen atoms in total. The first kappa shape index (κ1) is 14.1. The van der Waals surface area contributed by atoms with Gasteiger partial charge in [0.15, 0.2) is 5.65 Å². The molecule has 1 fully saturated rings. The minimum Gasteiger partial charge on any atom is -0.379 e. The Hall–Kier alpha value is -0.840. The molecule has 0 saturated heterocycles. The fraction of sp³-hybridized carbons (Fsp3) is 0.571. The number of pyridine rings is 1. The summed E-state index contributed by atoms with van der Waals surface area (Å²) in [5, 5.41) is 0.606. The van der Waals surface area contributed by atoms with Crippen molar-refractivity contribution in [1.82, 2.24) is 14.5 Å². The number of alkyl halides is 1. The van der Waals surface area contributed by atoms with E-state index in [0.717, 1.165) is 42.7 Å². The second-order valence-electron chi connectivity index (χ2n) is 5.11. The van der Waals surface area contributed by atoms with Gasteiger partial charge in [0.1, 0.15) is 11.3 Å². The molecular formula is C14H17Cl2N3O. The third-order valence-corrected chi connectivity index (χ3v) is 4.34. The van der Waals surface area contributed by atoms with E-state index in [1.807, 2.05) is 6.07 Å². The van der Waals surface area contributed by atoms with Crippen LogP contribution in [0.3, 0.4) is 0 Å². The van der Waals surface area contributed by atoms with Crippen LogP contribution in [0.2, 0.25) is 5.02 Å². The molecule has 3 rings (SSSR count). The van der Waals surface area contributed by atoms with Gasteiger partial charge in [-0.05, 0) is 25.3 Å². The Labute approximate surface area is 128 Å². The Balaban J connectivity index is 2.13.